The Morgan fingerprint density at radius 1 is 1.03 bits per heavy atom. The van der Waals surface area contributed by atoms with Gasteiger partial charge in [-0.05, 0) is 50.1 Å². The average Bonchev–Trinajstić information content (AvgIpc) is 2.81. The molecule has 0 saturated carbocycles. The number of esters is 1. The zero-order chi connectivity index (χ0) is 23.6. The van der Waals surface area contributed by atoms with Crippen molar-refractivity contribution < 1.29 is 28.6 Å². The van der Waals surface area contributed by atoms with Crippen LogP contribution in [0.2, 0.25) is 0 Å². The first-order valence-electron chi connectivity index (χ1n) is 10.8. The summed E-state index contributed by atoms with van der Waals surface area (Å²) in [5.74, 6) is 0.502. The van der Waals surface area contributed by atoms with Crippen LogP contribution in [0.5, 0.6) is 11.5 Å². The van der Waals surface area contributed by atoms with Gasteiger partial charge in [0.15, 0.2) is 18.1 Å². The van der Waals surface area contributed by atoms with Gasteiger partial charge in [-0.25, -0.2) is 4.79 Å². The van der Waals surface area contributed by atoms with Gasteiger partial charge in [-0.2, -0.15) is 0 Å². The number of amides is 2. The van der Waals surface area contributed by atoms with E-state index in [0.29, 0.717) is 42.4 Å². The van der Waals surface area contributed by atoms with Crippen LogP contribution in [0.1, 0.15) is 29.8 Å². The second-order valence-corrected chi connectivity index (χ2v) is 8.68. The molecule has 176 valence electrons. The molecule has 0 aliphatic carbocycles. The Bertz CT molecular complexity index is 995. The lowest BCUT2D eigenvalue weighted by Crippen LogP contribution is -2.31. The van der Waals surface area contributed by atoms with Crippen molar-refractivity contribution in [3.05, 3.63) is 53.6 Å². The largest absolute Gasteiger partial charge is 0.486 e. The number of thioether (sulfide) groups is 1. The van der Waals surface area contributed by atoms with Crippen LogP contribution in [0, 0.1) is 0 Å². The Morgan fingerprint density at radius 2 is 1.79 bits per heavy atom. The van der Waals surface area contributed by atoms with E-state index < -0.39 is 5.97 Å². The molecule has 0 fully saturated rings. The summed E-state index contributed by atoms with van der Waals surface area (Å²) in [6, 6.07) is 12.6. The smallest absolute Gasteiger partial charge is 0.339 e. The molecule has 0 aromatic heterocycles. The highest BCUT2D eigenvalue weighted by atomic mass is 32.2. The molecule has 1 aliphatic heterocycles. The van der Waals surface area contributed by atoms with E-state index in [-0.39, 0.29) is 30.2 Å². The highest BCUT2D eigenvalue weighted by Gasteiger charge is 2.16. The minimum Gasteiger partial charge on any atom is -0.486 e. The Labute approximate surface area is 197 Å². The van der Waals surface area contributed by atoms with Gasteiger partial charge in [0.2, 0.25) is 5.91 Å². The highest BCUT2D eigenvalue weighted by molar-refractivity contribution is 8.00. The van der Waals surface area contributed by atoms with Crippen molar-refractivity contribution in [3.63, 3.8) is 0 Å². The van der Waals surface area contributed by atoms with E-state index in [1.165, 1.54) is 11.8 Å². The van der Waals surface area contributed by atoms with Crippen molar-refractivity contribution in [3.8, 4) is 11.5 Å². The number of carbonyl (C=O) groups excluding carboxylic acids is 3. The van der Waals surface area contributed by atoms with E-state index in [9.17, 15) is 14.4 Å². The predicted molar refractivity (Wildman–Crippen MR) is 125 cm³/mol. The molecule has 1 heterocycles. The number of nitrogens with one attached hydrogen (secondary N) is 2. The summed E-state index contributed by atoms with van der Waals surface area (Å²) in [6.45, 7) is 4.84. The third kappa shape index (κ3) is 7.71. The number of ether oxygens (including phenoxy) is 3. The topological polar surface area (TPSA) is 103 Å². The molecule has 0 saturated heterocycles. The fourth-order valence-corrected chi connectivity index (χ4v) is 3.97. The van der Waals surface area contributed by atoms with E-state index >= 15 is 0 Å². The van der Waals surface area contributed by atoms with Crippen molar-refractivity contribution in [2.75, 3.05) is 32.1 Å². The van der Waals surface area contributed by atoms with Gasteiger partial charge in [-0.1, -0.05) is 18.2 Å². The monoisotopic (exact) mass is 472 g/mol. The SMILES string of the molecule is CC(C)NC(=O)CSc1ccccc1C(=O)OCC(=O)NCCc1ccc2c(c1)OCCO2. The maximum atomic E-state index is 12.5. The minimum atomic E-state index is -0.607. The summed E-state index contributed by atoms with van der Waals surface area (Å²) >= 11 is 1.25. The molecule has 0 spiro atoms. The van der Waals surface area contributed by atoms with Crippen molar-refractivity contribution in [1.29, 1.82) is 0 Å². The fraction of sp³-hybridized carbons (Fsp3) is 0.375. The van der Waals surface area contributed by atoms with Crippen molar-refractivity contribution >= 4 is 29.5 Å². The van der Waals surface area contributed by atoms with Crippen LogP contribution in [-0.2, 0) is 20.7 Å². The second-order valence-electron chi connectivity index (χ2n) is 7.66. The van der Waals surface area contributed by atoms with E-state index in [2.05, 4.69) is 10.6 Å². The molecule has 2 amide bonds. The van der Waals surface area contributed by atoms with Crippen LogP contribution >= 0.6 is 11.8 Å². The summed E-state index contributed by atoms with van der Waals surface area (Å²) in [6.07, 6.45) is 0.605. The molecule has 0 atom stereocenters. The van der Waals surface area contributed by atoms with Crippen molar-refractivity contribution in [1.82, 2.24) is 10.6 Å². The quantitative estimate of drug-likeness (QED) is 0.405. The van der Waals surface area contributed by atoms with Gasteiger partial charge in [0.25, 0.3) is 5.91 Å². The van der Waals surface area contributed by atoms with Gasteiger partial charge in [0, 0.05) is 17.5 Å². The molecule has 0 unspecified atom stereocenters. The van der Waals surface area contributed by atoms with Gasteiger partial charge in [-0.3, -0.25) is 9.59 Å². The van der Waals surface area contributed by atoms with Gasteiger partial charge < -0.3 is 24.8 Å². The number of fused-ring (bicyclic) bond motifs is 1. The molecule has 3 rings (SSSR count). The molecule has 8 nitrogen and oxygen atoms in total. The summed E-state index contributed by atoms with van der Waals surface area (Å²) in [7, 11) is 0. The van der Waals surface area contributed by atoms with Crippen LogP contribution < -0.4 is 20.1 Å². The fourth-order valence-electron chi connectivity index (χ4n) is 3.12. The Hall–Kier alpha value is -3.20. The standard InChI is InChI=1S/C24H28N2O6S/c1-16(2)26-23(28)15-33-21-6-4-3-5-18(21)24(29)32-14-22(27)25-10-9-17-7-8-19-20(13-17)31-12-11-30-19/h3-8,13,16H,9-12,14-15H2,1-2H3,(H,25,27)(H,26,28). The number of rotatable bonds is 10. The lowest BCUT2D eigenvalue weighted by atomic mass is 10.1. The molecule has 2 aromatic carbocycles. The Morgan fingerprint density at radius 3 is 2.58 bits per heavy atom. The summed E-state index contributed by atoms with van der Waals surface area (Å²) in [5, 5.41) is 5.55. The lowest BCUT2D eigenvalue weighted by Gasteiger charge is -2.18. The third-order valence-corrected chi connectivity index (χ3v) is 5.67. The van der Waals surface area contributed by atoms with Gasteiger partial charge in [0.05, 0.1) is 11.3 Å². The molecule has 0 bridgehead atoms. The van der Waals surface area contributed by atoms with Crippen LogP contribution in [-0.4, -0.2) is 55.9 Å². The zero-order valence-corrected chi connectivity index (χ0v) is 19.5. The Kier molecular flexibility index (Phi) is 9.00. The highest BCUT2D eigenvalue weighted by Crippen LogP contribution is 2.30. The molecule has 33 heavy (non-hydrogen) atoms. The number of benzene rings is 2. The van der Waals surface area contributed by atoms with Crippen LogP contribution in [0.25, 0.3) is 0 Å². The molecule has 2 aromatic rings. The summed E-state index contributed by atoms with van der Waals surface area (Å²) in [4.78, 5) is 37.1. The summed E-state index contributed by atoms with van der Waals surface area (Å²) in [5.41, 5.74) is 1.33. The van der Waals surface area contributed by atoms with Gasteiger partial charge in [0.1, 0.15) is 13.2 Å². The maximum Gasteiger partial charge on any atom is 0.339 e. The zero-order valence-electron chi connectivity index (χ0n) is 18.7. The molecular weight excluding hydrogens is 444 g/mol. The minimum absolute atomic E-state index is 0.0476. The number of hydrogen-bond donors (Lipinski definition) is 2. The van der Waals surface area contributed by atoms with E-state index in [1.54, 1.807) is 24.3 Å². The molecular formula is C24H28N2O6S. The normalized spacial score (nSPS) is 12.2. The third-order valence-electron chi connectivity index (χ3n) is 4.59. The van der Waals surface area contributed by atoms with Crippen molar-refractivity contribution in [2.45, 2.75) is 31.2 Å². The summed E-state index contributed by atoms with van der Waals surface area (Å²) < 4.78 is 16.2. The van der Waals surface area contributed by atoms with Gasteiger partial charge >= 0.3 is 5.97 Å². The second kappa shape index (κ2) is 12.2. The first-order chi connectivity index (χ1) is 15.9. The van der Waals surface area contributed by atoms with Crippen LogP contribution in [0.3, 0.4) is 0 Å². The molecule has 2 N–H and O–H groups in total. The molecule has 9 heteroatoms. The van der Waals surface area contributed by atoms with Crippen LogP contribution in [0.4, 0.5) is 0 Å². The molecule has 1 aliphatic rings. The van der Waals surface area contributed by atoms with E-state index in [1.807, 2.05) is 32.0 Å². The number of carbonyl (C=O) groups is 3. The maximum absolute atomic E-state index is 12.5. The predicted octanol–water partition coefficient (Wildman–Crippen LogP) is 2.59. The van der Waals surface area contributed by atoms with Crippen molar-refractivity contribution in [2.24, 2.45) is 0 Å². The van der Waals surface area contributed by atoms with E-state index in [4.69, 9.17) is 14.2 Å². The van der Waals surface area contributed by atoms with E-state index in [0.717, 1.165) is 11.3 Å². The lowest BCUT2D eigenvalue weighted by molar-refractivity contribution is -0.124. The first kappa shape index (κ1) is 24.4. The van der Waals surface area contributed by atoms with Crippen LogP contribution in [0.15, 0.2) is 47.4 Å². The van der Waals surface area contributed by atoms with Gasteiger partial charge in [-0.15, -0.1) is 11.8 Å². The number of hydrogen-bond acceptors (Lipinski definition) is 7. The average molecular weight is 473 g/mol. The molecule has 0 radical (unpaired) electrons. The first-order valence-corrected chi connectivity index (χ1v) is 11.7. The Balaban J connectivity index is 1.43.